The van der Waals surface area contributed by atoms with Gasteiger partial charge >= 0.3 is 51.5 Å². The molecule has 0 heterocycles. The maximum absolute atomic E-state index is 5.10. The second kappa shape index (κ2) is 4.84. The Morgan fingerprint density at radius 3 is 2.40 bits per heavy atom. The molecule has 2 N–H and O–H groups in total. The molecule has 0 amide bonds. The first-order valence-corrected chi connectivity index (χ1v) is 2.97. The molecular formula is C3H6NY. The van der Waals surface area contributed by atoms with E-state index < -0.39 is 0 Å². The fourth-order valence-corrected chi connectivity index (χ4v) is 0.493. The molecule has 0 saturated carbocycles. The summed E-state index contributed by atoms with van der Waals surface area (Å²) in [4.78, 5) is 0. The molecular weight excluding hydrogens is 139 g/mol. The molecule has 0 rings (SSSR count). The van der Waals surface area contributed by atoms with Crippen molar-refractivity contribution in [1.29, 1.82) is 0 Å². The van der Waals surface area contributed by atoms with Crippen LogP contribution in [0.4, 0.5) is 0 Å². The van der Waals surface area contributed by atoms with Crippen LogP contribution in [-0.4, -0.2) is 6.54 Å². The van der Waals surface area contributed by atoms with Gasteiger partial charge in [-0.15, -0.1) is 0 Å². The van der Waals surface area contributed by atoms with Crippen LogP contribution in [0, 0.1) is 2.59 Å². The van der Waals surface area contributed by atoms with E-state index in [2.05, 4.69) is 2.59 Å². The molecule has 0 aliphatic rings. The Hall–Kier alpha value is 0.844. The predicted octanol–water partition coefficient (Wildman–Crippen LogP) is -0.159. The van der Waals surface area contributed by atoms with E-state index >= 15 is 0 Å². The van der Waals surface area contributed by atoms with Gasteiger partial charge < -0.3 is 0 Å². The van der Waals surface area contributed by atoms with Gasteiger partial charge in [-0.1, -0.05) is 0 Å². The zero-order valence-corrected chi connectivity index (χ0v) is 5.91. The van der Waals surface area contributed by atoms with Gasteiger partial charge in [0.15, 0.2) is 0 Å². The maximum atomic E-state index is 5.10. The molecule has 0 aliphatic carbocycles. The Morgan fingerprint density at radius 1 is 1.80 bits per heavy atom. The molecule has 0 unspecified atom stereocenters. The van der Waals surface area contributed by atoms with Gasteiger partial charge in [-0.2, -0.15) is 0 Å². The van der Waals surface area contributed by atoms with Crippen molar-refractivity contribution >= 4 is 0 Å². The molecule has 2 heteroatoms. The van der Waals surface area contributed by atoms with E-state index in [1.807, 2.05) is 0 Å². The Kier molecular flexibility index (Phi) is 5.66. The minimum absolute atomic E-state index is 0.765. The minimum atomic E-state index is 0.765. The second-order valence-electron chi connectivity index (χ2n) is 0.743. The van der Waals surface area contributed by atoms with Crippen molar-refractivity contribution in [1.82, 2.24) is 0 Å². The summed E-state index contributed by atoms with van der Waals surface area (Å²) in [6, 6.07) is 0. The van der Waals surface area contributed by atoms with Crippen molar-refractivity contribution in [2.75, 3.05) is 6.54 Å². The van der Waals surface area contributed by atoms with Crippen LogP contribution < -0.4 is 5.73 Å². The van der Waals surface area contributed by atoms with Gasteiger partial charge in [0.25, 0.3) is 0 Å². The molecule has 0 bridgehead atoms. The number of rotatable bonds is 1. The quantitative estimate of drug-likeness (QED) is 0.545. The van der Waals surface area contributed by atoms with Crippen molar-refractivity contribution in [3.05, 3.63) is 0 Å². The second-order valence-corrected chi connectivity index (χ2v) is 1.75. The van der Waals surface area contributed by atoms with Crippen LogP contribution in [-0.2, 0) is 30.2 Å². The van der Waals surface area contributed by atoms with Crippen molar-refractivity contribution in [2.24, 2.45) is 5.73 Å². The first-order chi connectivity index (χ1) is 2.41. The van der Waals surface area contributed by atoms with Crippen LogP contribution in [0.5, 0.6) is 0 Å². The van der Waals surface area contributed by atoms with Crippen molar-refractivity contribution in [3.8, 4) is 2.59 Å². The Bertz CT molecular complexity index is 45.3. The summed E-state index contributed by atoms with van der Waals surface area (Å²) in [5.74, 6) is 0. The standard InChI is InChI=1S/C3H6N.Y/c1-2-3-4;/h2-4H2;. The Morgan fingerprint density at radius 2 is 2.40 bits per heavy atom. The van der Waals surface area contributed by atoms with Gasteiger partial charge in [-0.3, -0.25) is 0 Å². The van der Waals surface area contributed by atoms with Gasteiger partial charge in [0, 0.05) is 0 Å². The first-order valence-electron chi connectivity index (χ1n) is 1.55. The third kappa shape index (κ3) is 4.84. The summed E-state index contributed by atoms with van der Waals surface area (Å²) in [5.41, 5.74) is 5.10. The van der Waals surface area contributed by atoms with Gasteiger partial charge in [0.2, 0.25) is 0 Å². The molecule has 0 aromatic heterocycles. The van der Waals surface area contributed by atoms with E-state index in [0.29, 0.717) is 0 Å². The van der Waals surface area contributed by atoms with Crippen molar-refractivity contribution in [3.63, 3.8) is 0 Å². The Balaban J connectivity index is 2.48. The number of hydrogen-bond acceptors (Lipinski definition) is 1. The molecule has 0 spiro atoms. The molecule has 0 aliphatic heterocycles. The van der Waals surface area contributed by atoms with Gasteiger partial charge in [0.1, 0.15) is 0 Å². The van der Waals surface area contributed by atoms with Gasteiger partial charge in [-0.05, 0) is 0 Å². The van der Waals surface area contributed by atoms with E-state index in [-0.39, 0.29) is 0 Å². The van der Waals surface area contributed by atoms with E-state index in [1.54, 1.807) is 0 Å². The van der Waals surface area contributed by atoms with E-state index in [0.717, 1.165) is 43.2 Å². The topological polar surface area (TPSA) is 26.0 Å². The summed E-state index contributed by atoms with van der Waals surface area (Å²) in [5, 5.41) is 0. The fraction of sp³-hybridized carbons (Fsp3) is 0.667. The summed E-state index contributed by atoms with van der Waals surface area (Å²) in [7, 11) is 0. The van der Waals surface area contributed by atoms with Crippen molar-refractivity contribution in [2.45, 2.75) is 6.42 Å². The molecule has 0 atom stereocenters. The van der Waals surface area contributed by atoms with Gasteiger partial charge in [0.05, 0.1) is 0 Å². The summed E-state index contributed by atoms with van der Waals surface area (Å²) >= 11 is 1.12. The first kappa shape index (κ1) is 5.84. The van der Waals surface area contributed by atoms with E-state index in [4.69, 9.17) is 5.73 Å². The zero-order valence-electron chi connectivity index (χ0n) is 3.07. The fourth-order valence-electron chi connectivity index (χ4n) is 0.0833. The summed E-state index contributed by atoms with van der Waals surface area (Å²) in [6.07, 6.45) is 0.974. The third-order valence-electron chi connectivity index (χ3n) is 0.289. The summed E-state index contributed by atoms with van der Waals surface area (Å²) < 4.78 is 3.02. The van der Waals surface area contributed by atoms with E-state index in [9.17, 15) is 0 Å². The zero-order chi connectivity index (χ0) is 4.12. The predicted molar refractivity (Wildman–Crippen MR) is 17.6 cm³/mol. The van der Waals surface area contributed by atoms with Crippen LogP contribution in [0.2, 0.25) is 0 Å². The SMILES string of the molecule is NCC[C]#[Y]. The van der Waals surface area contributed by atoms with Crippen LogP contribution in [0.3, 0.4) is 0 Å². The average Bonchev–Trinajstić information content (AvgIpc) is 1.41. The molecule has 0 fully saturated rings. The van der Waals surface area contributed by atoms with Gasteiger partial charge in [-0.25, -0.2) is 0 Å². The molecule has 0 radical (unpaired) electrons. The van der Waals surface area contributed by atoms with Crippen molar-refractivity contribution < 1.29 is 30.2 Å². The molecule has 0 aromatic carbocycles. The molecule has 26 valence electrons. The normalized spacial score (nSPS) is 7.00. The number of hydrogen-bond donors (Lipinski definition) is 1. The summed E-state index contributed by atoms with van der Waals surface area (Å²) in [6.45, 7) is 0.765. The van der Waals surface area contributed by atoms with Crippen LogP contribution in [0.15, 0.2) is 0 Å². The molecule has 0 aromatic rings. The molecule has 5 heavy (non-hydrogen) atoms. The van der Waals surface area contributed by atoms with Crippen LogP contribution >= 0.6 is 0 Å². The van der Waals surface area contributed by atoms with E-state index in [1.165, 1.54) is 0 Å². The Labute approximate surface area is 51.4 Å². The van der Waals surface area contributed by atoms with Crippen LogP contribution in [0.1, 0.15) is 6.42 Å². The van der Waals surface area contributed by atoms with Crippen LogP contribution in [0.25, 0.3) is 0 Å². The monoisotopic (exact) mass is 145 g/mol. The third-order valence-corrected chi connectivity index (χ3v) is 0.998. The number of nitrogens with two attached hydrogens (primary N) is 1. The average molecular weight is 145 g/mol. The molecule has 0 saturated heterocycles. The molecule has 1 nitrogen and oxygen atoms in total.